The van der Waals surface area contributed by atoms with Gasteiger partial charge in [-0.3, -0.25) is 9.59 Å². The van der Waals surface area contributed by atoms with Gasteiger partial charge in [0.05, 0.1) is 11.6 Å². The van der Waals surface area contributed by atoms with Crippen LogP contribution in [-0.2, 0) is 4.79 Å². The molecule has 31 heavy (non-hydrogen) atoms. The Morgan fingerprint density at radius 2 is 1.74 bits per heavy atom. The molecule has 5 nitrogen and oxygen atoms in total. The zero-order valence-corrected chi connectivity index (χ0v) is 18.3. The summed E-state index contributed by atoms with van der Waals surface area (Å²) in [5.74, 6) is 1.95. The number of rotatable bonds is 3. The van der Waals surface area contributed by atoms with Crippen LogP contribution in [0, 0.1) is 29.1 Å². The van der Waals surface area contributed by atoms with E-state index in [0.29, 0.717) is 47.4 Å². The number of carbonyl (C=O) groups excluding carboxylic acids is 2. The highest BCUT2D eigenvalue weighted by molar-refractivity contribution is 5.94. The van der Waals surface area contributed by atoms with Gasteiger partial charge >= 0.3 is 0 Å². The number of carbonyl (C=O) groups is 2. The Morgan fingerprint density at radius 3 is 2.48 bits per heavy atom. The zero-order valence-electron chi connectivity index (χ0n) is 18.3. The van der Waals surface area contributed by atoms with Crippen LogP contribution in [0.25, 0.3) is 0 Å². The molecule has 0 radical (unpaired) electrons. The molecule has 1 aromatic rings. The lowest BCUT2D eigenvalue weighted by molar-refractivity contribution is -0.153. The van der Waals surface area contributed by atoms with Crippen molar-refractivity contribution in [2.75, 3.05) is 13.1 Å². The second kappa shape index (κ2) is 8.65. The quantitative estimate of drug-likeness (QED) is 0.731. The second-order valence-corrected chi connectivity index (χ2v) is 10.2. The number of amides is 2. The fraction of sp³-hybridized carbons (Fsp3) is 0.654. The van der Waals surface area contributed by atoms with Crippen LogP contribution in [0.15, 0.2) is 24.3 Å². The number of hydrogen-bond donors (Lipinski definition) is 0. The van der Waals surface area contributed by atoms with Crippen LogP contribution in [0.3, 0.4) is 0 Å². The van der Waals surface area contributed by atoms with Gasteiger partial charge in [0, 0.05) is 37.2 Å². The molecule has 1 aliphatic carbocycles. The van der Waals surface area contributed by atoms with E-state index in [0.717, 1.165) is 44.7 Å². The third-order valence-corrected chi connectivity index (χ3v) is 8.34. The summed E-state index contributed by atoms with van der Waals surface area (Å²) in [6.45, 7) is 1.50. The van der Waals surface area contributed by atoms with E-state index in [1.54, 1.807) is 24.3 Å². The van der Waals surface area contributed by atoms with Crippen molar-refractivity contribution in [3.8, 4) is 6.07 Å². The van der Waals surface area contributed by atoms with Crippen molar-refractivity contribution in [1.82, 2.24) is 9.80 Å². The first-order valence-corrected chi connectivity index (χ1v) is 12.2. The van der Waals surface area contributed by atoms with Crippen LogP contribution >= 0.6 is 0 Å². The Kier molecular flexibility index (Phi) is 5.73. The van der Waals surface area contributed by atoms with Gasteiger partial charge in [-0.25, -0.2) is 0 Å². The third-order valence-electron chi connectivity index (χ3n) is 8.34. The molecule has 1 aromatic carbocycles. The van der Waals surface area contributed by atoms with E-state index in [-0.39, 0.29) is 5.91 Å². The molecule has 4 aliphatic rings. The molecule has 0 spiro atoms. The van der Waals surface area contributed by atoms with Crippen LogP contribution in [0.1, 0.15) is 80.1 Å². The van der Waals surface area contributed by atoms with Gasteiger partial charge in [-0.2, -0.15) is 5.26 Å². The Morgan fingerprint density at radius 1 is 1.00 bits per heavy atom. The molecule has 2 amide bonds. The summed E-state index contributed by atoms with van der Waals surface area (Å²) in [6, 6.07) is 9.74. The topological polar surface area (TPSA) is 64.4 Å². The van der Waals surface area contributed by atoms with Crippen LogP contribution in [0.4, 0.5) is 0 Å². The fourth-order valence-electron chi connectivity index (χ4n) is 6.88. The Labute approximate surface area is 185 Å². The number of nitriles is 1. The highest BCUT2D eigenvalue weighted by atomic mass is 16.2. The zero-order chi connectivity index (χ0) is 21.4. The molecule has 3 saturated heterocycles. The summed E-state index contributed by atoms with van der Waals surface area (Å²) in [4.78, 5) is 30.7. The van der Waals surface area contributed by atoms with Crippen molar-refractivity contribution >= 4 is 11.8 Å². The minimum atomic E-state index is 0.0752. The second-order valence-electron chi connectivity index (χ2n) is 10.2. The molecule has 0 N–H and O–H groups in total. The van der Waals surface area contributed by atoms with Crippen LogP contribution in [0.5, 0.6) is 0 Å². The maximum absolute atomic E-state index is 13.3. The summed E-state index contributed by atoms with van der Waals surface area (Å²) >= 11 is 0. The lowest BCUT2D eigenvalue weighted by Crippen LogP contribution is -2.65. The maximum Gasteiger partial charge on any atom is 0.253 e. The average molecular weight is 420 g/mol. The predicted molar refractivity (Wildman–Crippen MR) is 118 cm³/mol. The van der Waals surface area contributed by atoms with E-state index in [2.05, 4.69) is 11.0 Å². The lowest BCUT2D eigenvalue weighted by atomic mass is 9.69. The van der Waals surface area contributed by atoms with E-state index in [4.69, 9.17) is 5.26 Å². The molecule has 4 fully saturated rings. The van der Waals surface area contributed by atoms with Gasteiger partial charge in [0.1, 0.15) is 0 Å². The minimum Gasteiger partial charge on any atom is -0.338 e. The largest absolute Gasteiger partial charge is 0.338 e. The van der Waals surface area contributed by atoms with E-state index in [1.807, 2.05) is 4.90 Å². The van der Waals surface area contributed by atoms with Crippen molar-refractivity contribution in [1.29, 1.82) is 5.26 Å². The van der Waals surface area contributed by atoms with Gasteiger partial charge in [-0.1, -0.05) is 32.1 Å². The number of piperidine rings is 3. The third kappa shape index (κ3) is 3.97. The molecular weight excluding hydrogens is 386 g/mol. The van der Waals surface area contributed by atoms with Gasteiger partial charge in [0.25, 0.3) is 5.91 Å². The molecule has 3 heterocycles. The van der Waals surface area contributed by atoms with E-state index in [9.17, 15) is 9.59 Å². The Hall–Kier alpha value is -2.35. The Bertz CT molecular complexity index is 868. The van der Waals surface area contributed by atoms with Crippen molar-refractivity contribution in [3.05, 3.63) is 35.4 Å². The molecule has 0 aromatic heterocycles. The normalized spacial score (nSPS) is 31.1. The first-order chi connectivity index (χ1) is 15.1. The molecule has 2 bridgehead atoms. The number of nitrogens with zero attached hydrogens (tertiary/aromatic N) is 3. The molecular formula is C26H33N3O2. The molecule has 4 atom stereocenters. The minimum absolute atomic E-state index is 0.0752. The number of likely N-dealkylation sites (tertiary alicyclic amines) is 1. The van der Waals surface area contributed by atoms with Crippen LogP contribution in [0.2, 0.25) is 0 Å². The smallest absolute Gasteiger partial charge is 0.253 e. The Balaban J connectivity index is 1.38. The lowest BCUT2D eigenvalue weighted by Gasteiger charge is -2.57. The maximum atomic E-state index is 13.3. The van der Waals surface area contributed by atoms with Crippen molar-refractivity contribution in [2.24, 2.45) is 17.8 Å². The summed E-state index contributed by atoms with van der Waals surface area (Å²) < 4.78 is 0. The molecule has 3 aliphatic heterocycles. The van der Waals surface area contributed by atoms with E-state index in [1.165, 1.54) is 32.1 Å². The van der Waals surface area contributed by atoms with Gasteiger partial charge in [0.15, 0.2) is 0 Å². The highest BCUT2D eigenvalue weighted by Crippen LogP contribution is 2.44. The molecule has 5 heteroatoms. The SMILES string of the molecule is N#Cc1ccc(C(=O)N2C[C@H]3C[C@@H](C2)[C@H](CC2CCCCC2)N2C(=O)CCC[C@@H]32)cc1. The van der Waals surface area contributed by atoms with Crippen LogP contribution in [-0.4, -0.2) is 46.8 Å². The summed E-state index contributed by atoms with van der Waals surface area (Å²) in [6.07, 6.45) is 11.7. The van der Waals surface area contributed by atoms with Gasteiger partial charge < -0.3 is 9.80 Å². The van der Waals surface area contributed by atoms with E-state index < -0.39 is 0 Å². The highest BCUT2D eigenvalue weighted by Gasteiger charge is 2.50. The molecule has 0 unspecified atom stereocenters. The van der Waals surface area contributed by atoms with Gasteiger partial charge in [-0.05, 0) is 67.7 Å². The number of hydrogen-bond acceptors (Lipinski definition) is 3. The average Bonchev–Trinajstić information content (AvgIpc) is 2.82. The molecule has 1 saturated carbocycles. The van der Waals surface area contributed by atoms with Gasteiger partial charge in [0.2, 0.25) is 5.91 Å². The van der Waals surface area contributed by atoms with Gasteiger partial charge in [-0.15, -0.1) is 0 Å². The van der Waals surface area contributed by atoms with Crippen LogP contribution < -0.4 is 0 Å². The number of benzene rings is 1. The summed E-state index contributed by atoms with van der Waals surface area (Å²) in [7, 11) is 0. The van der Waals surface area contributed by atoms with E-state index >= 15 is 0 Å². The first-order valence-electron chi connectivity index (χ1n) is 12.2. The molecule has 5 rings (SSSR count). The van der Waals surface area contributed by atoms with Crippen molar-refractivity contribution in [3.63, 3.8) is 0 Å². The van der Waals surface area contributed by atoms with Crippen molar-refractivity contribution in [2.45, 2.75) is 76.3 Å². The fourth-order valence-corrected chi connectivity index (χ4v) is 6.88. The summed E-state index contributed by atoms with van der Waals surface area (Å²) in [5, 5.41) is 9.04. The van der Waals surface area contributed by atoms with Crippen molar-refractivity contribution < 1.29 is 9.59 Å². The monoisotopic (exact) mass is 419 g/mol. The number of fused-ring (bicyclic) bond motifs is 4. The standard InChI is InChI=1S/C26H33N3O2/c27-15-19-9-11-20(12-10-19)26(31)28-16-21-14-22(17-28)24(13-18-5-2-1-3-6-18)29-23(21)7-4-8-25(29)30/h9-12,18,21-24H,1-8,13-14,16-17H2/t21-,22+,23+,24+/m1/s1. The summed E-state index contributed by atoms with van der Waals surface area (Å²) in [5.41, 5.74) is 1.25. The first kappa shape index (κ1) is 20.5. The predicted octanol–water partition coefficient (Wildman–Crippen LogP) is 4.37. The molecule has 164 valence electrons.